The van der Waals surface area contributed by atoms with E-state index in [0.717, 1.165) is 30.1 Å². The Labute approximate surface area is 102 Å². The Kier molecular flexibility index (Phi) is 1.18. The van der Waals surface area contributed by atoms with Crippen LogP contribution < -0.4 is 0 Å². The summed E-state index contributed by atoms with van der Waals surface area (Å²) < 4.78 is 0. The van der Waals surface area contributed by atoms with Crippen LogP contribution in [0, 0.1) is 40.4 Å². The minimum atomic E-state index is -0.0958. The van der Waals surface area contributed by atoms with Gasteiger partial charge in [0.15, 0.2) is 5.78 Å². The lowest BCUT2D eigenvalue weighted by Crippen LogP contribution is -2.28. The van der Waals surface area contributed by atoms with Gasteiger partial charge in [-0.15, -0.1) is 0 Å². The van der Waals surface area contributed by atoms with E-state index in [4.69, 9.17) is 0 Å². The van der Waals surface area contributed by atoms with E-state index in [1.807, 2.05) is 0 Å². The summed E-state index contributed by atoms with van der Waals surface area (Å²) in [5, 5.41) is 0. The highest BCUT2D eigenvalue weighted by Crippen LogP contribution is 2.81. The first-order valence-electron chi connectivity index (χ1n) is 7.01. The maximum absolute atomic E-state index is 12.6. The summed E-state index contributed by atoms with van der Waals surface area (Å²) in [6, 6.07) is 0. The lowest BCUT2D eigenvalue weighted by atomic mass is 9.69. The molecule has 88 valence electrons. The molecule has 6 rings (SSSR count). The zero-order valence-corrected chi connectivity index (χ0v) is 10.4. The Hall–Kier alpha value is -0.850. The van der Waals surface area contributed by atoms with Gasteiger partial charge in [-0.25, -0.2) is 0 Å². The molecule has 0 aromatic carbocycles. The van der Waals surface area contributed by atoms with Gasteiger partial charge in [0, 0.05) is 10.8 Å². The fourth-order valence-corrected chi connectivity index (χ4v) is 6.04. The van der Waals surface area contributed by atoms with Crippen LogP contribution in [0.3, 0.4) is 0 Å². The maximum atomic E-state index is 12.6. The van der Waals surface area contributed by atoms with Crippen molar-refractivity contribution in [1.29, 1.82) is 0 Å². The number of carbonyl (C=O) groups excluding carboxylic acids is 1. The van der Waals surface area contributed by atoms with Crippen molar-refractivity contribution in [3.05, 3.63) is 23.8 Å². The van der Waals surface area contributed by atoms with E-state index in [1.165, 1.54) is 12.0 Å². The minimum Gasteiger partial charge on any atom is -0.294 e. The molecule has 0 N–H and O–H groups in total. The third kappa shape index (κ3) is 0.724. The summed E-state index contributed by atoms with van der Waals surface area (Å²) in [5.41, 5.74) is 1.46. The summed E-state index contributed by atoms with van der Waals surface area (Å²) in [6.45, 7) is 4.32. The predicted molar refractivity (Wildman–Crippen MR) is 65.1 cm³/mol. The third-order valence-corrected chi connectivity index (χ3v) is 6.49. The lowest BCUT2D eigenvalue weighted by Gasteiger charge is -2.33. The molecular weight excluding hydrogens is 208 g/mol. The quantitative estimate of drug-likeness (QED) is 0.580. The summed E-state index contributed by atoms with van der Waals surface area (Å²) in [6.07, 6.45) is 9.73. The van der Waals surface area contributed by atoms with Crippen molar-refractivity contribution < 1.29 is 4.79 Å². The number of rotatable bonds is 0. The van der Waals surface area contributed by atoms with Gasteiger partial charge in [0.2, 0.25) is 0 Å². The molecule has 0 radical (unpaired) electrons. The molecule has 1 heteroatoms. The fraction of sp³-hybridized carbons (Fsp3) is 0.688. The van der Waals surface area contributed by atoms with Crippen LogP contribution in [-0.2, 0) is 4.79 Å². The second kappa shape index (κ2) is 2.20. The Morgan fingerprint density at radius 1 is 1.29 bits per heavy atom. The average molecular weight is 226 g/mol. The summed E-state index contributed by atoms with van der Waals surface area (Å²) in [7, 11) is 0. The van der Waals surface area contributed by atoms with Crippen LogP contribution in [0.5, 0.6) is 0 Å². The van der Waals surface area contributed by atoms with Gasteiger partial charge in [-0.2, -0.15) is 0 Å². The van der Waals surface area contributed by atoms with Gasteiger partial charge in [-0.3, -0.25) is 4.79 Å². The fourth-order valence-electron chi connectivity index (χ4n) is 6.04. The van der Waals surface area contributed by atoms with E-state index in [-0.39, 0.29) is 5.41 Å². The standard InChI is InChI=1S/C16H18O/c1-15(2)7-16-11-6-10-9(13(10)16)4-3-8(11)5-12(16)14(15)17/h3-5,8-11,13H,6-7H2,1-2H3/t8-,9-,10+,11-,13-,16-/m0/s1. The number of Topliss-reactive ketones (excluding diaryl/α,β-unsaturated/α-hetero) is 1. The number of ketones is 1. The normalized spacial score (nSPS) is 59.1. The van der Waals surface area contributed by atoms with E-state index in [0.29, 0.717) is 17.1 Å². The largest absolute Gasteiger partial charge is 0.294 e. The Balaban J connectivity index is 1.79. The first kappa shape index (κ1) is 9.13. The molecule has 3 saturated carbocycles. The summed E-state index contributed by atoms with van der Waals surface area (Å²) in [5.74, 6) is 4.39. The van der Waals surface area contributed by atoms with Crippen molar-refractivity contribution in [1.82, 2.24) is 0 Å². The van der Waals surface area contributed by atoms with Gasteiger partial charge in [0.25, 0.3) is 0 Å². The highest BCUT2D eigenvalue weighted by Gasteiger charge is 2.77. The Morgan fingerprint density at radius 2 is 2.12 bits per heavy atom. The van der Waals surface area contributed by atoms with E-state index >= 15 is 0 Å². The van der Waals surface area contributed by atoms with Gasteiger partial charge in [-0.05, 0) is 48.0 Å². The Bertz CT molecular complexity index is 524. The molecule has 6 aliphatic rings. The van der Waals surface area contributed by atoms with Crippen LogP contribution in [0.2, 0.25) is 0 Å². The second-order valence-electron chi connectivity index (χ2n) is 7.58. The SMILES string of the molecule is CC1(C)C[C@@]23C(=C[C@@H]4C=C[C@H]5[C@@H](C[C@@H]42)[C@H]53)C1=O. The van der Waals surface area contributed by atoms with Crippen LogP contribution in [0.1, 0.15) is 26.7 Å². The van der Waals surface area contributed by atoms with Crippen molar-refractivity contribution in [3.8, 4) is 0 Å². The molecule has 0 amide bonds. The molecule has 0 saturated heterocycles. The van der Waals surface area contributed by atoms with Crippen molar-refractivity contribution in [2.24, 2.45) is 40.4 Å². The van der Waals surface area contributed by atoms with Crippen molar-refractivity contribution in [2.75, 3.05) is 0 Å². The van der Waals surface area contributed by atoms with Gasteiger partial charge >= 0.3 is 0 Å². The van der Waals surface area contributed by atoms with Gasteiger partial charge in [0.1, 0.15) is 0 Å². The molecule has 17 heavy (non-hydrogen) atoms. The van der Waals surface area contributed by atoms with Crippen LogP contribution >= 0.6 is 0 Å². The second-order valence-corrected chi connectivity index (χ2v) is 7.58. The monoisotopic (exact) mass is 226 g/mol. The number of allylic oxidation sites excluding steroid dienone is 4. The zero-order valence-electron chi connectivity index (χ0n) is 10.4. The highest BCUT2D eigenvalue weighted by atomic mass is 16.1. The van der Waals surface area contributed by atoms with Crippen LogP contribution in [0.4, 0.5) is 0 Å². The molecule has 0 aromatic rings. The molecule has 1 nitrogen and oxygen atoms in total. The van der Waals surface area contributed by atoms with Crippen molar-refractivity contribution in [2.45, 2.75) is 26.7 Å². The molecule has 6 atom stereocenters. The van der Waals surface area contributed by atoms with Crippen LogP contribution in [0.25, 0.3) is 0 Å². The average Bonchev–Trinajstić information content (AvgIpc) is 2.74. The van der Waals surface area contributed by atoms with Gasteiger partial charge in [0.05, 0.1) is 0 Å². The number of carbonyl (C=O) groups is 1. The lowest BCUT2D eigenvalue weighted by molar-refractivity contribution is -0.121. The first-order valence-corrected chi connectivity index (χ1v) is 7.01. The van der Waals surface area contributed by atoms with Crippen molar-refractivity contribution in [3.63, 3.8) is 0 Å². The topological polar surface area (TPSA) is 17.1 Å². The summed E-state index contributed by atoms with van der Waals surface area (Å²) in [4.78, 5) is 12.6. The number of hydrogen-bond donors (Lipinski definition) is 0. The molecular formula is C16H18O. The van der Waals surface area contributed by atoms with E-state index < -0.39 is 0 Å². The maximum Gasteiger partial charge on any atom is 0.164 e. The number of hydrogen-bond acceptors (Lipinski definition) is 1. The molecule has 6 aliphatic carbocycles. The first-order chi connectivity index (χ1) is 8.06. The van der Waals surface area contributed by atoms with E-state index in [2.05, 4.69) is 32.1 Å². The van der Waals surface area contributed by atoms with Crippen LogP contribution in [-0.4, -0.2) is 5.78 Å². The molecule has 0 unspecified atom stereocenters. The van der Waals surface area contributed by atoms with E-state index in [9.17, 15) is 4.79 Å². The smallest absolute Gasteiger partial charge is 0.164 e. The molecule has 0 aliphatic heterocycles. The molecule has 6 bridgehead atoms. The Morgan fingerprint density at radius 3 is 2.94 bits per heavy atom. The van der Waals surface area contributed by atoms with Gasteiger partial charge < -0.3 is 0 Å². The minimum absolute atomic E-state index is 0.0958. The summed E-state index contributed by atoms with van der Waals surface area (Å²) >= 11 is 0. The predicted octanol–water partition coefficient (Wildman–Crippen LogP) is 2.98. The van der Waals surface area contributed by atoms with Crippen LogP contribution in [0.15, 0.2) is 23.8 Å². The van der Waals surface area contributed by atoms with Crippen molar-refractivity contribution >= 4 is 5.78 Å². The third-order valence-electron chi connectivity index (χ3n) is 6.49. The molecule has 1 spiro atoms. The van der Waals surface area contributed by atoms with E-state index in [1.54, 1.807) is 0 Å². The highest BCUT2D eigenvalue weighted by molar-refractivity contribution is 6.04. The van der Waals surface area contributed by atoms with Gasteiger partial charge in [-0.1, -0.05) is 32.1 Å². The zero-order chi connectivity index (χ0) is 11.6. The molecule has 3 fully saturated rings. The molecule has 0 heterocycles. The molecule has 0 aromatic heterocycles.